The molecular formula is C10H16Cl3N3O. The summed E-state index contributed by atoms with van der Waals surface area (Å²) in [5, 5.41) is 6.24. The topological polar surface area (TPSA) is 54.0 Å². The third kappa shape index (κ3) is 6.68. The molecule has 2 N–H and O–H groups in total. The van der Waals surface area contributed by atoms with Gasteiger partial charge in [0, 0.05) is 25.5 Å². The number of halogens is 3. The van der Waals surface area contributed by atoms with E-state index in [1.807, 2.05) is 6.92 Å². The summed E-state index contributed by atoms with van der Waals surface area (Å²) >= 11 is 5.82. The van der Waals surface area contributed by atoms with Crippen molar-refractivity contribution >= 4 is 42.3 Å². The highest BCUT2D eigenvalue weighted by atomic mass is 35.5. The Bertz CT molecular complexity index is 336. The van der Waals surface area contributed by atoms with Gasteiger partial charge in [0.1, 0.15) is 0 Å². The summed E-state index contributed by atoms with van der Waals surface area (Å²) < 4.78 is 0. The van der Waals surface area contributed by atoms with E-state index in [9.17, 15) is 4.79 Å². The molecule has 1 amide bonds. The normalized spacial score (nSPS) is 8.82. The number of pyridine rings is 1. The molecule has 98 valence electrons. The number of rotatable bonds is 5. The Kier molecular flexibility index (Phi) is 11.7. The molecular weight excluding hydrogens is 284 g/mol. The molecule has 1 aromatic rings. The van der Waals surface area contributed by atoms with Gasteiger partial charge in [-0.3, -0.25) is 9.78 Å². The monoisotopic (exact) mass is 299 g/mol. The predicted octanol–water partition coefficient (Wildman–Crippen LogP) is 1.92. The highest BCUT2D eigenvalue weighted by Gasteiger charge is 2.08. The Morgan fingerprint density at radius 2 is 2.12 bits per heavy atom. The van der Waals surface area contributed by atoms with Crippen molar-refractivity contribution < 1.29 is 4.79 Å². The van der Waals surface area contributed by atoms with E-state index in [1.54, 1.807) is 12.3 Å². The molecule has 17 heavy (non-hydrogen) atoms. The highest BCUT2D eigenvalue weighted by molar-refractivity contribution is 6.33. The number of amides is 1. The molecule has 4 nitrogen and oxygen atoms in total. The molecule has 0 fully saturated rings. The van der Waals surface area contributed by atoms with Crippen molar-refractivity contribution in [1.82, 2.24) is 15.6 Å². The SMILES string of the molecule is CCNCCNC(=O)c1ccncc1Cl.Cl.Cl. The van der Waals surface area contributed by atoms with E-state index in [1.165, 1.54) is 6.20 Å². The van der Waals surface area contributed by atoms with Gasteiger partial charge in [-0.05, 0) is 12.6 Å². The van der Waals surface area contributed by atoms with Crippen LogP contribution in [0.15, 0.2) is 18.5 Å². The zero-order valence-corrected chi connectivity index (χ0v) is 11.8. The van der Waals surface area contributed by atoms with Crippen molar-refractivity contribution in [3.05, 3.63) is 29.0 Å². The standard InChI is InChI=1S/C10H14ClN3O.2ClH/c1-2-12-5-6-14-10(15)8-3-4-13-7-9(8)11;;/h3-4,7,12H,2,5-6H2,1H3,(H,14,15);2*1H. The van der Waals surface area contributed by atoms with E-state index in [-0.39, 0.29) is 30.7 Å². The number of likely N-dealkylation sites (N-methyl/N-ethyl adjacent to an activating group) is 1. The van der Waals surface area contributed by atoms with Crippen LogP contribution in [0.2, 0.25) is 5.02 Å². The molecule has 0 saturated carbocycles. The Hall–Kier alpha value is -0.550. The van der Waals surface area contributed by atoms with Crippen molar-refractivity contribution in [3.63, 3.8) is 0 Å². The van der Waals surface area contributed by atoms with Gasteiger partial charge >= 0.3 is 0 Å². The van der Waals surface area contributed by atoms with E-state index in [2.05, 4.69) is 15.6 Å². The first-order chi connectivity index (χ1) is 7.25. The number of hydrogen-bond donors (Lipinski definition) is 2. The van der Waals surface area contributed by atoms with E-state index < -0.39 is 0 Å². The maximum atomic E-state index is 11.6. The van der Waals surface area contributed by atoms with Crippen LogP contribution in [0, 0.1) is 0 Å². The maximum Gasteiger partial charge on any atom is 0.252 e. The zero-order valence-electron chi connectivity index (χ0n) is 9.40. The minimum Gasteiger partial charge on any atom is -0.351 e. The van der Waals surface area contributed by atoms with Gasteiger partial charge in [-0.25, -0.2) is 0 Å². The number of nitrogens with zero attached hydrogens (tertiary/aromatic N) is 1. The van der Waals surface area contributed by atoms with Crippen molar-refractivity contribution in [1.29, 1.82) is 0 Å². The fourth-order valence-corrected chi connectivity index (χ4v) is 1.30. The smallest absolute Gasteiger partial charge is 0.252 e. The molecule has 1 heterocycles. The Labute approximate surface area is 118 Å². The Balaban J connectivity index is 0. The molecule has 0 atom stereocenters. The summed E-state index contributed by atoms with van der Waals surface area (Å²) in [5.41, 5.74) is 0.461. The maximum absolute atomic E-state index is 11.6. The summed E-state index contributed by atoms with van der Waals surface area (Å²) in [7, 11) is 0. The number of carbonyl (C=O) groups excluding carboxylic acids is 1. The lowest BCUT2D eigenvalue weighted by atomic mass is 10.2. The average Bonchev–Trinajstić information content (AvgIpc) is 2.25. The van der Waals surface area contributed by atoms with Crippen molar-refractivity contribution in [3.8, 4) is 0 Å². The van der Waals surface area contributed by atoms with Gasteiger partial charge in [-0.15, -0.1) is 24.8 Å². The van der Waals surface area contributed by atoms with Gasteiger partial charge in [-0.2, -0.15) is 0 Å². The molecule has 1 rings (SSSR count). The van der Waals surface area contributed by atoms with Crippen LogP contribution in [0.3, 0.4) is 0 Å². The molecule has 0 aliphatic carbocycles. The van der Waals surface area contributed by atoms with Gasteiger partial charge in [0.15, 0.2) is 0 Å². The molecule has 1 aromatic heterocycles. The van der Waals surface area contributed by atoms with E-state index in [0.29, 0.717) is 17.1 Å². The average molecular weight is 301 g/mol. The molecule has 0 aromatic carbocycles. The first-order valence-electron chi connectivity index (χ1n) is 4.84. The Morgan fingerprint density at radius 3 is 2.71 bits per heavy atom. The fraction of sp³-hybridized carbons (Fsp3) is 0.400. The first kappa shape index (κ1) is 18.8. The van der Waals surface area contributed by atoms with Crippen molar-refractivity contribution in [2.24, 2.45) is 0 Å². The van der Waals surface area contributed by atoms with Crippen molar-refractivity contribution in [2.45, 2.75) is 6.92 Å². The van der Waals surface area contributed by atoms with Crippen molar-refractivity contribution in [2.75, 3.05) is 19.6 Å². The molecule has 7 heteroatoms. The van der Waals surface area contributed by atoms with Gasteiger partial charge in [0.05, 0.1) is 10.6 Å². The highest BCUT2D eigenvalue weighted by Crippen LogP contribution is 2.12. The second-order valence-corrected chi connectivity index (χ2v) is 3.37. The summed E-state index contributed by atoms with van der Waals surface area (Å²) in [5.74, 6) is -0.166. The van der Waals surface area contributed by atoms with E-state index in [4.69, 9.17) is 11.6 Å². The van der Waals surface area contributed by atoms with Gasteiger partial charge in [0.2, 0.25) is 0 Å². The number of hydrogen-bond acceptors (Lipinski definition) is 3. The van der Waals surface area contributed by atoms with Gasteiger partial charge in [0.25, 0.3) is 5.91 Å². The minimum absolute atomic E-state index is 0. The zero-order chi connectivity index (χ0) is 11.1. The largest absolute Gasteiger partial charge is 0.351 e. The van der Waals surface area contributed by atoms with Crippen LogP contribution < -0.4 is 10.6 Å². The second kappa shape index (κ2) is 10.6. The van der Waals surface area contributed by atoms with Crippen LogP contribution in [-0.4, -0.2) is 30.5 Å². The molecule has 0 aliphatic rings. The third-order valence-electron chi connectivity index (χ3n) is 1.85. The molecule has 0 spiro atoms. The summed E-state index contributed by atoms with van der Waals surface area (Å²) in [6.07, 6.45) is 3.01. The fourth-order valence-electron chi connectivity index (χ4n) is 1.10. The molecule has 0 unspecified atom stereocenters. The van der Waals surface area contributed by atoms with Crippen LogP contribution in [-0.2, 0) is 0 Å². The number of nitrogens with one attached hydrogen (secondary N) is 2. The van der Waals surface area contributed by atoms with E-state index >= 15 is 0 Å². The number of aromatic nitrogens is 1. The summed E-state index contributed by atoms with van der Waals surface area (Å²) in [4.78, 5) is 15.4. The van der Waals surface area contributed by atoms with Gasteiger partial charge < -0.3 is 10.6 Å². The second-order valence-electron chi connectivity index (χ2n) is 2.96. The van der Waals surface area contributed by atoms with E-state index in [0.717, 1.165) is 13.1 Å². The molecule has 0 bridgehead atoms. The lowest BCUT2D eigenvalue weighted by Crippen LogP contribution is -2.31. The minimum atomic E-state index is -0.166. The van der Waals surface area contributed by atoms with Gasteiger partial charge in [-0.1, -0.05) is 18.5 Å². The molecule has 0 aliphatic heterocycles. The summed E-state index contributed by atoms with van der Waals surface area (Å²) in [6, 6.07) is 1.60. The van der Waals surface area contributed by atoms with Crippen LogP contribution in [0.1, 0.15) is 17.3 Å². The van der Waals surface area contributed by atoms with Crippen LogP contribution in [0.4, 0.5) is 0 Å². The van der Waals surface area contributed by atoms with Crippen LogP contribution >= 0.6 is 36.4 Å². The lowest BCUT2D eigenvalue weighted by Gasteiger charge is -2.06. The summed E-state index contributed by atoms with van der Waals surface area (Å²) in [6.45, 7) is 4.25. The lowest BCUT2D eigenvalue weighted by molar-refractivity contribution is 0.0954. The molecule has 0 radical (unpaired) electrons. The Morgan fingerprint density at radius 1 is 1.41 bits per heavy atom. The van der Waals surface area contributed by atoms with Crippen LogP contribution in [0.5, 0.6) is 0 Å². The predicted molar refractivity (Wildman–Crippen MR) is 74.6 cm³/mol. The quantitative estimate of drug-likeness (QED) is 0.817. The molecule has 0 saturated heterocycles. The van der Waals surface area contributed by atoms with Crippen LogP contribution in [0.25, 0.3) is 0 Å². The third-order valence-corrected chi connectivity index (χ3v) is 2.16. The first-order valence-corrected chi connectivity index (χ1v) is 5.22. The number of carbonyl (C=O) groups is 1.